The second-order valence-electron chi connectivity index (χ2n) is 6.36. The van der Waals surface area contributed by atoms with E-state index in [-0.39, 0.29) is 12.0 Å². The van der Waals surface area contributed by atoms with Crippen LogP contribution in [0, 0.1) is 0 Å². The van der Waals surface area contributed by atoms with E-state index in [0.29, 0.717) is 19.6 Å². The van der Waals surface area contributed by atoms with E-state index in [9.17, 15) is 4.79 Å². The first-order chi connectivity index (χ1) is 11.8. The van der Waals surface area contributed by atoms with Gasteiger partial charge in [0.15, 0.2) is 0 Å². The maximum Gasteiger partial charge on any atom is 0.222 e. The molecule has 1 aliphatic heterocycles. The van der Waals surface area contributed by atoms with Crippen molar-refractivity contribution in [3.05, 3.63) is 71.8 Å². The molecule has 3 heteroatoms. The van der Waals surface area contributed by atoms with Crippen LogP contribution in [0.15, 0.2) is 60.7 Å². The van der Waals surface area contributed by atoms with Crippen LogP contribution in [-0.2, 0) is 22.4 Å². The number of carbonyl (C=O) groups is 1. The number of benzene rings is 2. The highest BCUT2D eigenvalue weighted by atomic mass is 16.5. The molecule has 0 bridgehead atoms. The number of morpholine rings is 1. The average Bonchev–Trinajstić information content (AvgIpc) is 2.64. The van der Waals surface area contributed by atoms with Gasteiger partial charge >= 0.3 is 0 Å². The summed E-state index contributed by atoms with van der Waals surface area (Å²) in [4.78, 5) is 14.4. The predicted molar refractivity (Wildman–Crippen MR) is 95.8 cm³/mol. The Kier molecular flexibility index (Phi) is 6.02. The molecule has 3 rings (SSSR count). The van der Waals surface area contributed by atoms with Gasteiger partial charge in [-0.2, -0.15) is 0 Å². The fraction of sp³-hybridized carbons (Fsp3) is 0.381. The molecular formula is C21H25NO2. The molecule has 0 N–H and O–H groups in total. The summed E-state index contributed by atoms with van der Waals surface area (Å²) in [6.07, 6.45) is 3.47. The van der Waals surface area contributed by atoms with Crippen molar-refractivity contribution in [1.82, 2.24) is 4.90 Å². The van der Waals surface area contributed by atoms with Crippen molar-refractivity contribution in [2.45, 2.75) is 31.8 Å². The first-order valence-electron chi connectivity index (χ1n) is 8.78. The third kappa shape index (κ3) is 4.93. The van der Waals surface area contributed by atoms with Crippen LogP contribution >= 0.6 is 0 Å². The summed E-state index contributed by atoms with van der Waals surface area (Å²) >= 11 is 0. The summed E-state index contributed by atoms with van der Waals surface area (Å²) in [5, 5.41) is 0. The molecule has 1 atom stereocenters. The Bertz CT molecular complexity index is 627. The van der Waals surface area contributed by atoms with Gasteiger partial charge in [0.2, 0.25) is 5.91 Å². The summed E-state index contributed by atoms with van der Waals surface area (Å²) in [6.45, 7) is 2.07. The summed E-state index contributed by atoms with van der Waals surface area (Å²) in [5.41, 5.74) is 2.56. The fourth-order valence-corrected chi connectivity index (χ4v) is 3.19. The van der Waals surface area contributed by atoms with Crippen LogP contribution in [0.5, 0.6) is 0 Å². The molecule has 0 radical (unpaired) electrons. The van der Waals surface area contributed by atoms with Crippen LogP contribution < -0.4 is 0 Å². The zero-order valence-corrected chi connectivity index (χ0v) is 14.1. The lowest BCUT2D eigenvalue weighted by molar-refractivity contribution is -0.138. The summed E-state index contributed by atoms with van der Waals surface area (Å²) in [5.74, 6) is 0.257. The molecule has 3 nitrogen and oxygen atoms in total. The molecular weight excluding hydrogens is 298 g/mol. The van der Waals surface area contributed by atoms with Crippen LogP contribution in [0.2, 0.25) is 0 Å². The molecule has 1 saturated heterocycles. The Morgan fingerprint density at radius 1 is 1.00 bits per heavy atom. The van der Waals surface area contributed by atoms with Gasteiger partial charge in [0.05, 0.1) is 12.7 Å². The van der Waals surface area contributed by atoms with Gasteiger partial charge in [-0.15, -0.1) is 0 Å². The second kappa shape index (κ2) is 8.65. The topological polar surface area (TPSA) is 29.5 Å². The smallest absolute Gasteiger partial charge is 0.222 e. The van der Waals surface area contributed by atoms with Gasteiger partial charge in [-0.05, 0) is 24.0 Å². The minimum atomic E-state index is 0.110. The summed E-state index contributed by atoms with van der Waals surface area (Å²) < 4.78 is 5.84. The molecule has 1 amide bonds. The van der Waals surface area contributed by atoms with E-state index in [1.54, 1.807) is 0 Å². The summed E-state index contributed by atoms with van der Waals surface area (Å²) in [7, 11) is 0. The molecule has 0 spiro atoms. The SMILES string of the molecule is O=C(CCCc1ccccc1)N1CCO[C@H](Cc2ccccc2)C1. The second-order valence-corrected chi connectivity index (χ2v) is 6.36. The maximum absolute atomic E-state index is 12.5. The molecule has 2 aromatic carbocycles. The van der Waals surface area contributed by atoms with Crippen LogP contribution in [0.3, 0.4) is 0 Å². The monoisotopic (exact) mass is 323 g/mol. The van der Waals surface area contributed by atoms with E-state index in [0.717, 1.165) is 25.8 Å². The Morgan fingerprint density at radius 2 is 1.67 bits per heavy atom. The fourth-order valence-electron chi connectivity index (χ4n) is 3.19. The molecule has 0 unspecified atom stereocenters. The van der Waals surface area contributed by atoms with E-state index >= 15 is 0 Å². The van der Waals surface area contributed by atoms with Gasteiger partial charge in [0.25, 0.3) is 0 Å². The van der Waals surface area contributed by atoms with E-state index in [1.807, 2.05) is 41.3 Å². The van der Waals surface area contributed by atoms with Crippen molar-refractivity contribution in [3.8, 4) is 0 Å². The zero-order chi connectivity index (χ0) is 16.6. The number of hydrogen-bond donors (Lipinski definition) is 0. The van der Waals surface area contributed by atoms with E-state index in [2.05, 4.69) is 24.3 Å². The Labute approximate surface area is 144 Å². The van der Waals surface area contributed by atoms with Crippen LogP contribution in [0.1, 0.15) is 24.0 Å². The van der Waals surface area contributed by atoms with Crippen molar-refractivity contribution < 1.29 is 9.53 Å². The van der Waals surface area contributed by atoms with E-state index in [4.69, 9.17) is 4.74 Å². The van der Waals surface area contributed by atoms with Gasteiger partial charge in [-0.25, -0.2) is 0 Å². The lowest BCUT2D eigenvalue weighted by atomic mass is 10.1. The molecule has 1 heterocycles. The van der Waals surface area contributed by atoms with Crippen molar-refractivity contribution >= 4 is 5.91 Å². The molecule has 2 aromatic rings. The highest BCUT2D eigenvalue weighted by Gasteiger charge is 2.23. The number of amides is 1. The number of ether oxygens (including phenoxy) is 1. The minimum Gasteiger partial charge on any atom is -0.374 e. The standard InChI is InChI=1S/C21H25NO2/c23-21(13-7-12-18-8-3-1-4-9-18)22-14-15-24-20(17-22)16-19-10-5-2-6-11-19/h1-6,8-11,20H,7,12-17H2/t20-/m1/s1. The third-order valence-electron chi connectivity index (χ3n) is 4.50. The predicted octanol–water partition coefficient (Wildman–Crippen LogP) is 3.48. The Balaban J connectivity index is 1.44. The summed E-state index contributed by atoms with van der Waals surface area (Å²) in [6, 6.07) is 20.7. The van der Waals surface area contributed by atoms with Gasteiger partial charge in [-0.1, -0.05) is 60.7 Å². The largest absolute Gasteiger partial charge is 0.374 e. The van der Waals surface area contributed by atoms with Gasteiger partial charge in [0, 0.05) is 25.9 Å². The van der Waals surface area contributed by atoms with Crippen molar-refractivity contribution in [2.75, 3.05) is 19.7 Å². The average molecular weight is 323 g/mol. The number of nitrogens with zero attached hydrogens (tertiary/aromatic N) is 1. The third-order valence-corrected chi connectivity index (χ3v) is 4.50. The van der Waals surface area contributed by atoms with Crippen molar-refractivity contribution in [3.63, 3.8) is 0 Å². The normalized spacial score (nSPS) is 17.7. The first kappa shape index (κ1) is 16.7. The highest BCUT2D eigenvalue weighted by Crippen LogP contribution is 2.14. The van der Waals surface area contributed by atoms with Crippen molar-refractivity contribution in [1.29, 1.82) is 0 Å². The molecule has 126 valence electrons. The minimum absolute atomic E-state index is 0.110. The lowest BCUT2D eigenvalue weighted by Gasteiger charge is -2.33. The first-order valence-corrected chi connectivity index (χ1v) is 8.78. The highest BCUT2D eigenvalue weighted by molar-refractivity contribution is 5.76. The molecule has 1 aliphatic rings. The molecule has 0 aromatic heterocycles. The molecule has 1 fully saturated rings. The van der Waals surface area contributed by atoms with E-state index in [1.165, 1.54) is 11.1 Å². The Hall–Kier alpha value is -2.13. The van der Waals surface area contributed by atoms with Crippen LogP contribution in [-0.4, -0.2) is 36.6 Å². The number of hydrogen-bond acceptors (Lipinski definition) is 2. The van der Waals surface area contributed by atoms with E-state index < -0.39 is 0 Å². The number of rotatable bonds is 6. The zero-order valence-electron chi connectivity index (χ0n) is 14.1. The molecule has 0 aliphatic carbocycles. The van der Waals surface area contributed by atoms with Gasteiger partial charge < -0.3 is 9.64 Å². The molecule has 0 saturated carbocycles. The van der Waals surface area contributed by atoms with Crippen molar-refractivity contribution in [2.24, 2.45) is 0 Å². The van der Waals surface area contributed by atoms with Gasteiger partial charge in [0.1, 0.15) is 0 Å². The van der Waals surface area contributed by atoms with Gasteiger partial charge in [-0.3, -0.25) is 4.79 Å². The molecule has 24 heavy (non-hydrogen) atoms. The number of aryl methyl sites for hydroxylation is 1. The maximum atomic E-state index is 12.5. The van der Waals surface area contributed by atoms with Crippen LogP contribution in [0.4, 0.5) is 0 Å². The number of carbonyl (C=O) groups excluding carboxylic acids is 1. The van der Waals surface area contributed by atoms with Crippen LogP contribution in [0.25, 0.3) is 0 Å². The Morgan fingerprint density at radius 3 is 2.38 bits per heavy atom. The lowest BCUT2D eigenvalue weighted by Crippen LogP contribution is -2.46. The quantitative estimate of drug-likeness (QED) is 0.814.